The maximum atomic E-state index is 11.5. The fourth-order valence-corrected chi connectivity index (χ4v) is 2.76. The van der Waals surface area contributed by atoms with Crippen LogP contribution in [0.5, 0.6) is 0 Å². The third-order valence-corrected chi connectivity index (χ3v) is 4.48. The van der Waals surface area contributed by atoms with Crippen LogP contribution in [-0.2, 0) is 14.6 Å². The van der Waals surface area contributed by atoms with Crippen molar-refractivity contribution in [2.24, 2.45) is 5.41 Å². The number of sulfone groups is 1. The van der Waals surface area contributed by atoms with E-state index in [1.807, 2.05) is 0 Å². The Bertz CT molecular complexity index is 390. The molecule has 1 fully saturated rings. The molecule has 1 saturated heterocycles. The van der Waals surface area contributed by atoms with Crippen LogP contribution in [0.3, 0.4) is 0 Å². The van der Waals surface area contributed by atoms with Crippen LogP contribution in [0.4, 0.5) is 0 Å². The smallest absolute Gasteiger partial charge is 0.221 e. The second-order valence-electron chi connectivity index (χ2n) is 5.78. The molecule has 1 atom stereocenters. The van der Waals surface area contributed by atoms with Gasteiger partial charge in [-0.15, -0.1) is 0 Å². The minimum Gasteiger partial charge on any atom is -0.354 e. The Morgan fingerprint density at radius 1 is 1.44 bits per heavy atom. The number of amides is 1. The van der Waals surface area contributed by atoms with Crippen LogP contribution < -0.4 is 10.6 Å². The van der Waals surface area contributed by atoms with Gasteiger partial charge in [-0.05, 0) is 24.8 Å². The lowest BCUT2D eigenvalue weighted by atomic mass is 9.77. The lowest BCUT2D eigenvalue weighted by Crippen LogP contribution is -2.52. The molecule has 1 unspecified atom stereocenters. The van der Waals surface area contributed by atoms with Gasteiger partial charge in [-0.3, -0.25) is 4.79 Å². The molecule has 0 bridgehead atoms. The first-order valence-electron chi connectivity index (χ1n) is 6.38. The van der Waals surface area contributed by atoms with E-state index in [2.05, 4.69) is 24.5 Å². The van der Waals surface area contributed by atoms with E-state index in [-0.39, 0.29) is 29.5 Å². The van der Waals surface area contributed by atoms with Crippen molar-refractivity contribution < 1.29 is 13.2 Å². The van der Waals surface area contributed by atoms with Gasteiger partial charge in [0.25, 0.3) is 0 Å². The Morgan fingerprint density at radius 3 is 2.67 bits per heavy atom. The Hall–Kier alpha value is -0.620. The molecule has 1 amide bonds. The molecule has 106 valence electrons. The van der Waals surface area contributed by atoms with Crippen LogP contribution in [0.25, 0.3) is 0 Å². The van der Waals surface area contributed by atoms with E-state index in [0.29, 0.717) is 6.54 Å². The van der Waals surface area contributed by atoms with E-state index in [1.165, 1.54) is 0 Å². The van der Waals surface area contributed by atoms with Gasteiger partial charge in [0.15, 0.2) is 0 Å². The van der Waals surface area contributed by atoms with Gasteiger partial charge >= 0.3 is 0 Å². The Kier molecular flexibility index (Phi) is 5.16. The molecule has 1 aliphatic heterocycles. The zero-order valence-electron chi connectivity index (χ0n) is 11.5. The molecule has 1 aliphatic rings. The fraction of sp³-hybridized carbons (Fsp3) is 0.917. The zero-order chi connectivity index (χ0) is 13.8. The average molecular weight is 276 g/mol. The molecule has 6 heteroatoms. The summed E-state index contributed by atoms with van der Waals surface area (Å²) in [4.78, 5) is 11.5. The second-order valence-corrected chi connectivity index (χ2v) is 8.04. The summed E-state index contributed by atoms with van der Waals surface area (Å²) in [7, 11) is -3.06. The molecule has 0 aromatic rings. The van der Waals surface area contributed by atoms with Crippen molar-refractivity contribution in [3.8, 4) is 0 Å². The van der Waals surface area contributed by atoms with Crippen molar-refractivity contribution >= 4 is 15.7 Å². The molecular weight excluding hydrogens is 252 g/mol. The summed E-state index contributed by atoms with van der Waals surface area (Å²) >= 11 is 0. The molecule has 0 aliphatic carbocycles. The highest BCUT2D eigenvalue weighted by Crippen LogP contribution is 2.29. The Labute approximate surface area is 110 Å². The van der Waals surface area contributed by atoms with Crippen LogP contribution in [-0.4, -0.2) is 45.5 Å². The molecule has 1 rings (SSSR count). The summed E-state index contributed by atoms with van der Waals surface area (Å²) in [5.74, 6) is -0.274. The van der Waals surface area contributed by atoms with Gasteiger partial charge in [0.1, 0.15) is 9.84 Å². The van der Waals surface area contributed by atoms with Gasteiger partial charge in [-0.2, -0.15) is 0 Å². The number of hydrogen-bond acceptors (Lipinski definition) is 4. The first-order valence-corrected chi connectivity index (χ1v) is 8.44. The van der Waals surface area contributed by atoms with E-state index < -0.39 is 9.84 Å². The Morgan fingerprint density at radius 2 is 2.11 bits per heavy atom. The predicted molar refractivity (Wildman–Crippen MR) is 72.1 cm³/mol. The molecule has 5 nitrogen and oxygen atoms in total. The van der Waals surface area contributed by atoms with Crippen molar-refractivity contribution in [3.63, 3.8) is 0 Å². The normalized spacial score (nSPS) is 23.6. The number of carbonyl (C=O) groups is 1. The largest absolute Gasteiger partial charge is 0.354 e. The topological polar surface area (TPSA) is 75.3 Å². The Balaban J connectivity index is 2.33. The number of carbonyl (C=O) groups excluding carboxylic acids is 1. The molecule has 18 heavy (non-hydrogen) atoms. The van der Waals surface area contributed by atoms with Crippen molar-refractivity contribution in [3.05, 3.63) is 0 Å². The maximum absolute atomic E-state index is 11.5. The highest BCUT2D eigenvalue weighted by atomic mass is 32.2. The second kappa shape index (κ2) is 6.02. The van der Waals surface area contributed by atoms with Crippen molar-refractivity contribution in [1.29, 1.82) is 0 Å². The van der Waals surface area contributed by atoms with E-state index in [1.54, 1.807) is 0 Å². The summed E-state index contributed by atoms with van der Waals surface area (Å²) in [6.07, 6.45) is 3.49. The van der Waals surface area contributed by atoms with E-state index >= 15 is 0 Å². The minimum atomic E-state index is -3.06. The highest BCUT2D eigenvalue weighted by Gasteiger charge is 2.31. The summed E-state index contributed by atoms with van der Waals surface area (Å²) in [5.41, 5.74) is 0.169. The molecule has 0 spiro atoms. The van der Waals surface area contributed by atoms with Crippen LogP contribution in [0.2, 0.25) is 0 Å². The van der Waals surface area contributed by atoms with E-state index in [9.17, 15) is 13.2 Å². The van der Waals surface area contributed by atoms with Gasteiger partial charge < -0.3 is 10.6 Å². The van der Waals surface area contributed by atoms with Crippen molar-refractivity contribution in [2.45, 2.75) is 39.2 Å². The van der Waals surface area contributed by atoms with Crippen LogP contribution >= 0.6 is 0 Å². The first kappa shape index (κ1) is 15.4. The molecule has 0 aromatic heterocycles. The van der Waals surface area contributed by atoms with E-state index in [4.69, 9.17) is 0 Å². The molecule has 1 heterocycles. The van der Waals surface area contributed by atoms with E-state index in [0.717, 1.165) is 25.6 Å². The summed E-state index contributed by atoms with van der Waals surface area (Å²) in [6.45, 7) is 5.92. The zero-order valence-corrected chi connectivity index (χ0v) is 12.3. The highest BCUT2D eigenvalue weighted by molar-refractivity contribution is 7.90. The van der Waals surface area contributed by atoms with Gasteiger partial charge in [0.05, 0.1) is 5.75 Å². The summed E-state index contributed by atoms with van der Waals surface area (Å²) < 4.78 is 21.9. The lowest BCUT2D eigenvalue weighted by molar-refractivity contribution is -0.120. The van der Waals surface area contributed by atoms with Crippen LogP contribution in [0, 0.1) is 5.41 Å². The number of piperidine rings is 1. The average Bonchev–Trinajstić information content (AvgIpc) is 2.23. The monoisotopic (exact) mass is 276 g/mol. The first-order chi connectivity index (χ1) is 8.21. The van der Waals surface area contributed by atoms with Crippen molar-refractivity contribution in [2.75, 3.05) is 25.1 Å². The molecule has 0 radical (unpaired) electrons. The van der Waals surface area contributed by atoms with Gasteiger partial charge in [-0.1, -0.05) is 13.8 Å². The lowest BCUT2D eigenvalue weighted by Gasteiger charge is -2.39. The van der Waals surface area contributed by atoms with Crippen LogP contribution in [0.15, 0.2) is 0 Å². The minimum absolute atomic E-state index is 0.0476. The predicted octanol–water partition coefficient (Wildman–Crippen LogP) is 0.316. The molecule has 2 N–H and O–H groups in total. The van der Waals surface area contributed by atoms with Crippen molar-refractivity contribution in [1.82, 2.24) is 10.6 Å². The van der Waals surface area contributed by atoms with Gasteiger partial charge in [0.2, 0.25) is 5.91 Å². The van der Waals surface area contributed by atoms with Gasteiger partial charge in [-0.25, -0.2) is 8.42 Å². The fourth-order valence-electron chi connectivity index (χ4n) is 2.20. The third-order valence-electron chi connectivity index (χ3n) is 3.54. The van der Waals surface area contributed by atoms with Gasteiger partial charge in [0, 0.05) is 25.3 Å². The number of hydrogen-bond donors (Lipinski definition) is 2. The summed E-state index contributed by atoms with van der Waals surface area (Å²) in [5, 5.41) is 6.22. The number of rotatable bonds is 5. The van der Waals surface area contributed by atoms with Crippen LogP contribution in [0.1, 0.15) is 33.1 Å². The quantitative estimate of drug-likeness (QED) is 0.758. The SMILES string of the molecule is CC1(C)CCCNC1CNC(=O)CCS(C)(=O)=O. The summed E-state index contributed by atoms with van der Waals surface area (Å²) in [6, 6.07) is 0.258. The third kappa shape index (κ3) is 5.35. The standard InChI is InChI=1S/C12H24N2O3S/c1-12(2)6-4-7-13-10(12)9-14-11(15)5-8-18(3,16)17/h10,13H,4-9H2,1-3H3,(H,14,15). The number of nitrogens with one attached hydrogen (secondary N) is 2. The maximum Gasteiger partial charge on any atom is 0.221 e. The molecule has 0 saturated carbocycles. The molecular formula is C12H24N2O3S. The molecule has 0 aromatic carbocycles.